The van der Waals surface area contributed by atoms with Crippen LogP contribution in [-0.2, 0) is 0 Å². The molecule has 1 heterocycles. The molecule has 1 amide bonds. The first-order valence-electron chi connectivity index (χ1n) is 3.60. The number of aromatic nitrogens is 1. The Bertz CT molecular complexity index is 355. The molecular formula is C9H8N2O2. The van der Waals surface area contributed by atoms with Gasteiger partial charge in [-0.15, -0.1) is 6.42 Å². The molecule has 4 heteroatoms. The number of amides is 1. The molecule has 0 saturated carbocycles. The smallest absolute Gasteiger partial charge is 0.255 e. The van der Waals surface area contributed by atoms with E-state index in [1.54, 1.807) is 0 Å². The molecule has 13 heavy (non-hydrogen) atoms. The van der Waals surface area contributed by atoms with Crippen LogP contribution in [0.1, 0.15) is 10.4 Å². The van der Waals surface area contributed by atoms with Crippen LogP contribution in [0.15, 0.2) is 18.5 Å². The van der Waals surface area contributed by atoms with Crippen molar-refractivity contribution in [3.63, 3.8) is 0 Å². The van der Waals surface area contributed by atoms with E-state index >= 15 is 0 Å². The molecule has 0 bridgehead atoms. The van der Waals surface area contributed by atoms with E-state index < -0.39 is 5.91 Å². The van der Waals surface area contributed by atoms with Crippen molar-refractivity contribution in [2.45, 2.75) is 0 Å². The van der Waals surface area contributed by atoms with Gasteiger partial charge in [-0.1, -0.05) is 5.92 Å². The van der Waals surface area contributed by atoms with Gasteiger partial charge < -0.3 is 10.4 Å². The molecule has 0 aliphatic carbocycles. The Hall–Kier alpha value is -2.02. The van der Waals surface area contributed by atoms with Crippen LogP contribution in [0.2, 0.25) is 0 Å². The quantitative estimate of drug-likeness (QED) is 0.630. The standard InChI is InChI=1S/C9H8N2O2/c1-2-4-11-9(13)7-3-5-10-6-8(7)12/h1,3,5-6,12H,4H2,(H,11,13). The summed E-state index contributed by atoms with van der Waals surface area (Å²) in [6, 6.07) is 1.42. The fourth-order valence-electron chi connectivity index (χ4n) is 0.805. The lowest BCUT2D eigenvalue weighted by atomic mass is 10.2. The van der Waals surface area contributed by atoms with Gasteiger partial charge in [-0.05, 0) is 6.07 Å². The van der Waals surface area contributed by atoms with Gasteiger partial charge in [0.25, 0.3) is 5.91 Å². The highest BCUT2D eigenvalue weighted by atomic mass is 16.3. The van der Waals surface area contributed by atoms with Crippen molar-refractivity contribution in [3.05, 3.63) is 24.0 Å². The number of carbonyl (C=O) groups is 1. The number of nitrogens with zero attached hydrogens (tertiary/aromatic N) is 1. The number of nitrogens with one attached hydrogen (secondary N) is 1. The first kappa shape index (κ1) is 9.07. The summed E-state index contributed by atoms with van der Waals surface area (Å²) in [6.07, 6.45) is 7.57. The predicted molar refractivity (Wildman–Crippen MR) is 47.1 cm³/mol. The zero-order valence-corrected chi connectivity index (χ0v) is 6.82. The molecule has 0 spiro atoms. The predicted octanol–water partition coefficient (Wildman–Crippen LogP) is 0.150. The molecule has 0 radical (unpaired) electrons. The van der Waals surface area contributed by atoms with E-state index in [0.29, 0.717) is 0 Å². The maximum atomic E-state index is 11.2. The molecule has 0 aliphatic rings. The Morgan fingerprint density at radius 3 is 3.15 bits per heavy atom. The first-order chi connectivity index (χ1) is 6.25. The lowest BCUT2D eigenvalue weighted by molar-refractivity contribution is 0.0956. The van der Waals surface area contributed by atoms with Gasteiger partial charge in [-0.2, -0.15) is 0 Å². The third-order valence-corrected chi connectivity index (χ3v) is 1.40. The highest BCUT2D eigenvalue weighted by Crippen LogP contribution is 2.12. The maximum Gasteiger partial charge on any atom is 0.255 e. The highest BCUT2D eigenvalue weighted by Gasteiger charge is 2.08. The summed E-state index contributed by atoms with van der Waals surface area (Å²) >= 11 is 0. The van der Waals surface area contributed by atoms with Crippen LogP contribution in [-0.4, -0.2) is 22.5 Å². The minimum atomic E-state index is -0.405. The lowest BCUT2D eigenvalue weighted by Gasteiger charge is -2.02. The van der Waals surface area contributed by atoms with Gasteiger partial charge in [0.1, 0.15) is 5.75 Å². The van der Waals surface area contributed by atoms with Crippen LogP contribution >= 0.6 is 0 Å². The van der Waals surface area contributed by atoms with Crippen molar-refractivity contribution < 1.29 is 9.90 Å². The van der Waals surface area contributed by atoms with Gasteiger partial charge in [0.05, 0.1) is 18.3 Å². The summed E-state index contributed by atoms with van der Waals surface area (Å²) in [5.74, 6) is 1.70. The topological polar surface area (TPSA) is 62.2 Å². The second-order valence-corrected chi connectivity index (χ2v) is 2.28. The number of hydrogen-bond acceptors (Lipinski definition) is 3. The third kappa shape index (κ3) is 2.20. The molecular weight excluding hydrogens is 168 g/mol. The minimum Gasteiger partial charge on any atom is -0.505 e. The number of terminal acetylenes is 1. The van der Waals surface area contributed by atoms with Gasteiger partial charge in [0, 0.05) is 6.20 Å². The minimum absolute atomic E-state index is 0.139. The number of aromatic hydroxyl groups is 1. The normalized spacial score (nSPS) is 8.85. The van der Waals surface area contributed by atoms with Crippen molar-refractivity contribution in [1.29, 1.82) is 0 Å². The molecule has 0 atom stereocenters. The van der Waals surface area contributed by atoms with E-state index in [4.69, 9.17) is 6.42 Å². The second kappa shape index (κ2) is 4.12. The van der Waals surface area contributed by atoms with E-state index in [1.165, 1.54) is 18.5 Å². The van der Waals surface area contributed by atoms with E-state index in [9.17, 15) is 9.90 Å². The Labute approximate surface area is 75.6 Å². The SMILES string of the molecule is C#CCNC(=O)c1ccncc1O. The Morgan fingerprint density at radius 2 is 2.54 bits per heavy atom. The summed E-state index contributed by atoms with van der Waals surface area (Å²) < 4.78 is 0. The summed E-state index contributed by atoms with van der Waals surface area (Å²) in [5, 5.41) is 11.6. The monoisotopic (exact) mass is 176 g/mol. The molecule has 4 nitrogen and oxygen atoms in total. The molecule has 0 aliphatic heterocycles. The van der Waals surface area contributed by atoms with Crippen molar-refractivity contribution in [3.8, 4) is 18.1 Å². The maximum absolute atomic E-state index is 11.2. The van der Waals surface area contributed by atoms with E-state index in [1.807, 2.05) is 0 Å². The Balaban J connectivity index is 2.78. The summed E-state index contributed by atoms with van der Waals surface area (Å²) in [4.78, 5) is 14.9. The van der Waals surface area contributed by atoms with E-state index in [0.717, 1.165) is 0 Å². The van der Waals surface area contributed by atoms with Crippen molar-refractivity contribution in [2.24, 2.45) is 0 Å². The molecule has 2 N–H and O–H groups in total. The average Bonchev–Trinajstić information content (AvgIpc) is 2.15. The van der Waals surface area contributed by atoms with Crippen LogP contribution in [0, 0.1) is 12.3 Å². The van der Waals surface area contributed by atoms with Crippen molar-refractivity contribution in [2.75, 3.05) is 6.54 Å². The van der Waals surface area contributed by atoms with Gasteiger partial charge in [0.15, 0.2) is 0 Å². The lowest BCUT2D eigenvalue weighted by Crippen LogP contribution is -2.23. The molecule has 0 unspecified atom stereocenters. The van der Waals surface area contributed by atoms with Crippen LogP contribution in [0.4, 0.5) is 0 Å². The van der Waals surface area contributed by atoms with Crippen LogP contribution in [0.25, 0.3) is 0 Å². The zero-order chi connectivity index (χ0) is 9.68. The fourth-order valence-corrected chi connectivity index (χ4v) is 0.805. The number of rotatable bonds is 2. The molecule has 0 fully saturated rings. The van der Waals surface area contributed by atoms with Gasteiger partial charge in [0.2, 0.25) is 0 Å². The average molecular weight is 176 g/mol. The Morgan fingerprint density at radius 1 is 1.77 bits per heavy atom. The molecule has 66 valence electrons. The number of pyridine rings is 1. The largest absolute Gasteiger partial charge is 0.505 e. The van der Waals surface area contributed by atoms with E-state index in [-0.39, 0.29) is 17.9 Å². The van der Waals surface area contributed by atoms with Gasteiger partial charge in [-0.25, -0.2) is 0 Å². The molecule has 1 rings (SSSR count). The van der Waals surface area contributed by atoms with Crippen LogP contribution < -0.4 is 5.32 Å². The van der Waals surface area contributed by atoms with Gasteiger partial charge >= 0.3 is 0 Å². The number of hydrogen-bond donors (Lipinski definition) is 2. The zero-order valence-electron chi connectivity index (χ0n) is 6.82. The second-order valence-electron chi connectivity index (χ2n) is 2.28. The summed E-state index contributed by atoms with van der Waals surface area (Å²) in [5.41, 5.74) is 0.172. The fraction of sp³-hybridized carbons (Fsp3) is 0.111. The van der Waals surface area contributed by atoms with Crippen molar-refractivity contribution in [1.82, 2.24) is 10.3 Å². The van der Waals surface area contributed by atoms with Gasteiger partial charge in [-0.3, -0.25) is 9.78 Å². The van der Waals surface area contributed by atoms with Crippen LogP contribution in [0.3, 0.4) is 0 Å². The first-order valence-corrected chi connectivity index (χ1v) is 3.60. The van der Waals surface area contributed by atoms with Crippen molar-refractivity contribution >= 4 is 5.91 Å². The number of carbonyl (C=O) groups excluding carboxylic acids is 1. The molecule has 0 saturated heterocycles. The summed E-state index contributed by atoms with van der Waals surface area (Å²) in [7, 11) is 0. The molecule has 1 aromatic heterocycles. The Kier molecular flexibility index (Phi) is 2.87. The van der Waals surface area contributed by atoms with E-state index in [2.05, 4.69) is 16.2 Å². The summed E-state index contributed by atoms with van der Waals surface area (Å²) in [6.45, 7) is 0.139. The van der Waals surface area contributed by atoms with Crippen LogP contribution in [0.5, 0.6) is 5.75 Å². The third-order valence-electron chi connectivity index (χ3n) is 1.40. The highest BCUT2D eigenvalue weighted by molar-refractivity contribution is 5.96. The molecule has 0 aromatic carbocycles. The molecule has 1 aromatic rings.